The fourth-order valence-corrected chi connectivity index (χ4v) is 3.94. The number of aliphatic hydroxyl groups is 1. The minimum absolute atomic E-state index is 0.0793. The molecule has 1 N–H and O–H groups in total. The van der Waals surface area contributed by atoms with Crippen LogP contribution in [0.2, 0.25) is 0 Å². The summed E-state index contributed by atoms with van der Waals surface area (Å²) in [7, 11) is 0. The predicted molar refractivity (Wildman–Crippen MR) is 85.4 cm³/mol. The highest BCUT2D eigenvalue weighted by Crippen LogP contribution is 2.35. The summed E-state index contributed by atoms with van der Waals surface area (Å²) in [6, 6.07) is 3.82. The third-order valence-corrected chi connectivity index (χ3v) is 5.08. The number of aliphatic hydroxyl groups excluding tert-OH is 1. The van der Waals surface area contributed by atoms with Crippen molar-refractivity contribution in [3.8, 4) is 0 Å². The van der Waals surface area contributed by atoms with Crippen LogP contribution in [0.3, 0.4) is 0 Å². The largest absolute Gasteiger partial charge is 0.391 e. The normalized spacial score (nSPS) is 24.8. The minimum Gasteiger partial charge on any atom is -0.391 e. The number of hydrogen-bond donors (Lipinski definition) is 1. The Bertz CT molecular complexity index is 732. The van der Waals surface area contributed by atoms with E-state index in [1.807, 2.05) is 18.3 Å². The van der Waals surface area contributed by atoms with E-state index in [1.165, 1.54) is 12.8 Å². The number of hydrogen-bond acceptors (Lipinski definition) is 5. The number of rotatable bonds is 3. The second-order valence-corrected chi connectivity index (χ2v) is 6.78. The lowest BCUT2D eigenvalue weighted by atomic mass is 10.2. The summed E-state index contributed by atoms with van der Waals surface area (Å²) in [4.78, 5) is 19.0. The van der Waals surface area contributed by atoms with Gasteiger partial charge in [0.1, 0.15) is 11.7 Å². The van der Waals surface area contributed by atoms with Crippen LogP contribution in [0.15, 0.2) is 22.9 Å². The molecule has 4 rings (SSSR count). The van der Waals surface area contributed by atoms with Gasteiger partial charge >= 0.3 is 0 Å². The lowest BCUT2D eigenvalue weighted by molar-refractivity contribution is 0.0680. The van der Waals surface area contributed by atoms with Gasteiger partial charge in [0.2, 0.25) is 5.89 Å². The standard InChI is InChI=1S/C17H22N4O3/c1-11-18-16(24-19-11)15-9-13(22)10-21(15)17(23)14-7-4-8-20(14)12-5-2-3-6-12/h4,7-8,12-13,15,22H,2-3,5-6,9-10H2,1H3/t13-,15+/m0/s1. The van der Waals surface area contributed by atoms with E-state index in [1.54, 1.807) is 11.8 Å². The highest BCUT2D eigenvalue weighted by Gasteiger charge is 2.40. The molecular formula is C17H22N4O3. The van der Waals surface area contributed by atoms with Gasteiger partial charge in [-0.1, -0.05) is 18.0 Å². The van der Waals surface area contributed by atoms with Crippen molar-refractivity contribution in [2.24, 2.45) is 0 Å². The lowest BCUT2D eigenvalue weighted by Crippen LogP contribution is -2.33. The number of carbonyl (C=O) groups excluding carboxylic acids is 1. The summed E-state index contributed by atoms with van der Waals surface area (Å²) in [5.74, 6) is 0.855. The topological polar surface area (TPSA) is 84.4 Å². The maximum Gasteiger partial charge on any atom is 0.271 e. The predicted octanol–water partition coefficient (Wildman–Crippen LogP) is 2.24. The number of carbonyl (C=O) groups is 1. The molecule has 0 spiro atoms. The van der Waals surface area contributed by atoms with Gasteiger partial charge in [0, 0.05) is 25.2 Å². The maximum atomic E-state index is 13.1. The average molecular weight is 330 g/mol. The van der Waals surface area contributed by atoms with Crippen LogP contribution in [0.1, 0.15) is 66.4 Å². The summed E-state index contributed by atoms with van der Waals surface area (Å²) < 4.78 is 7.34. The summed E-state index contributed by atoms with van der Waals surface area (Å²) in [6.07, 6.45) is 6.50. The van der Waals surface area contributed by atoms with E-state index < -0.39 is 6.10 Å². The van der Waals surface area contributed by atoms with Crippen LogP contribution in [0.25, 0.3) is 0 Å². The third kappa shape index (κ3) is 2.62. The first-order valence-electron chi connectivity index (χ1n) is 8.59. The molecule has 7 nitrogen and oxygen atoms in total. The van der Waals surface area contributed by atoms with Gasteiger partial charge in [-0.25, -0.2) is 0 Å². The maximum absolute atomic E-state index is 13.1. The van der Waals surface area contributed by atoms with Crippen LogP contribution in [-0.2, 0) is 0 Å². The Morgan fingerprint density at radius 3 is 2.88 bits per heavy atom. The van der Waals surface area contributed by atoms with E-state index in [0.717, 1.165) is 12.8 Å². The van der Waals surface area contributed by atoms with E-state index in [4.69, 9.17) is 4.52 Å². The second-order valence-electron chi connectivity index (χ2n) is 6.78. The molecule has 2 aromatic rings. The zero-order valence-electron chi connectivity index (χ0n) is 13.8. The zero-order chi connectivity index (χ0) is 16.7. The lowest BCUT2D eigenvalue weighted by Gasteiger charge is -2.24. The van der Waals surface area contributed by atoms with Crippen LogP contribution in [-0.4, -0.2) is 43.3 Å². The van der Waals surface area contributed by atoms with Gasteiger partial charge in [-0.3, -0.25) is 4.79 Å². The van der Waals surface area contributed by atoms with Gasteiger partial charge in [-0.15, -0.1) is 0 Å². The number of nitrogens with zero attached hydrogens (tertiary/aromatic N) is 4. The van der Waals surface area contributed by atoms with E-state index in [0.29, 0.717) is 36.4 Å². The van der Waals surface area contributed by atoms with Crippen LogP contribution >= 0.6 is 0 Å². The van der Waals surface area contributed by atoms with Crippen molar-refractivity contribution in [2.45, 2.75) is 57.2 Å². The molecule has 2 aromatic heterocycles. The minimum atomic E-state index is -0.568. The average Bonchev–Trinajstić information content (AvgIpc) is 3.32. The summed E-state index contributed by atoms with van der Waals surface area (Å²) in [6.45, 7) is 2.04. The number of aromatic nitrogens is 3. The van der Waals surface area contributed by atoms with Crippen molar-refractivity contribution < 1.29 is 14.4 Å². The van der Waals surface area contributed by atoms with Crippen molar-refractivity contribution in [1.29, 1.82) is 0 Å². The molecule has 0 unspecified atom stereocenters. The molecule has 128 valence electrons. The summed E-state index contributed by atoms with van der Waals surface area (Å²) >= 11 is 0. The summed E-state index contributed by atoms with van der Waals surface area (Å²) in [5, 5.41) is 13.9. The molecule has 2 fully saturated rings. The molecule has 3 heterocycles. The van der Waals surface area contributed by atoms with Crippen LogP contribution in [0.5, 0.6) is 0 Å². The molecule has 2 aliphatic rings. The Balaban J connectivity index is 1.62. The molecule has 24 heavy (non-hydrogen) atoms. The van der Waals surface area contributed by atoms with E-state index in [9.17, 15) is 9.90 Å². The SMILES string of the molecule is Cc1noc([C@H]2C[C@H](O)CN2C(=O)c2cccn2C2CCCC2)n1. The van der Waals surface area contributed by atoms with Gasteiger partial charge in [0.25, 0.3) is 5.91 Å². The third-order valence-electron chi connectivity index (χ3n) is 5.08. The zero-order valence-corrected chi connectivity index (χ0v) is 13.8. The number of likely N-dealkylation sites (tertiary alicyclic amines) is 1. The first-order valence-corrected chi connectivity index (χ1v) is 8.59. The number of β-amino-alcohol motifs (C(OH)–C–C–N with tert-alkyl or cyclic N) is 1. The molecule has 1 aliphatic carbocycles. The number of aryl methyl sites for hydroxylation is 1. The quantitative estimate of drug-likeness (QED) is 0.933. The van der Waals surface area contributed by atoms with Crippen LogP contribution in [0.4, 0.5) is 0 Å². The van der Waals surface area contributed by atoms with Crippen LogP contribution < -0.4 is 0 Å². The molecule has 2 atom stereocenters. The number of amides is 1. The Hall–Kier alpha value is -2.15. The monoisotopic (exact) mass is 330 g/mol. The Kier molecular flexibility index (Phi) is 3.88. The molecule has 1 saturated heterocycles. The first kappa shape index (κ1) is 15.4. The van der Waals surface area contributed by atoms with Crippen molar-refractivity contribution in [1.82, 2.24) is 19.6 Å². The van der Waals surface area contributed by atoms with Gasteiger partial charge in [-0.2, -0.15) is 4.98 Å². The van der Waals surface area contributed by atoms with Crippen molar-refractivity contribution in [2.75, 3.05) is 6.54 Å². The van der Waals surface area contributed by atoms with Crippen molar-refractivity contribution >= 4 is 5.91 Å². The molecule has 0 radical (unpaired) electrons. The highest BCUT2D eigenvalue weighted by molar-refractivity contribution is 5.93. The highest BCUT2D eigenvalue weighted by atomic mass is 16.5. The molecule has 1 saturated carbocycles. The molecule has 0 bridgehead atoms. The van der Waals surface area contributed by atoms with E-state index in [-0.39, 0.29) is 11.9 Å². The Labute approximate surface area is 140 Å². The van der Waals surface area contributed by atoms with Gasteiger partial charge in [0.15, 0.2) is 5.82 Å². The second kappa shape index (κ2) is 6.05. The Morgan fingerprint density at radius 2 is 2.17 bits per heavy atom. The fraction of sp³-hybridized carbons (Fsp3) is 0.588. The van der Waals surface area contributed by atoms with Gasteiger partial charge in [0.05, 0.1) is 6.10 Å². The first-order chi connectivity index (χ1) is 11.6. The van der Waals surface area contributed by atoms with Crippen molar-refractivity contribution in [3.05, 3.63) is 35.7 Å². The molecule has 1 amide bonds. The molecule has 7 heteroatoms. The van der Waals surface area contributed by atoms with E-state index in [2.05, 4.69) is 14.7 Å². The van der Waals surface area contributed by atoms with E-state index >= 15 is 0 Å². The van der Waals surface area contributed by atoms with Gasteiger partial charge in [-0.05, 0) is 31.9 Å². The van der Waals surface area contributed by atoms with Gasteiger partial charge < -0.3 is 19.1 Å². The molecule has 0 aromatic carbocycles. The summed E-state index contributed by atoms with van der Waals surface area (Å²) in [5.41, 5.74) is 0.678. The molecular weight excluding hydrogens is 308 g/mol. The van der Waals surface area contributed by atoms with Crippen molar-refractivity contribution in [3.63, 3.8) is 0 Å². The molecule has 1 aliphatic heterocycles. The fourth-order valence-electron chi connectivity index (χ4n) is 3.94. The van der Waals surface area contributed by atoms with Crippen LogP contribution in [0, 0.1) is 6.92 Å². The smallest absolute Gasteiger partial charge is 0.271 e. The Morgan fingerprint density at radius 1 is 1.38 bits per heavy atom.